The number of hydrogen-bond acceptors (Lipinski definition) is 6. The monoisotopic (exact) mass is 429 g/mol. The second-order valence-corrected chi connectivity index (χ2v) is 7.61. The zero-order valence-electron chi connectivity index (χ0n) is 18.1. The molecular formula is C25H27N5O2. The first-order valence-electron chi connectivity index (χ1n) is 10.7. The minimum Gasteiger partial charge on any atom is -0.497 e. The summed E-state index contributed by atoms with van der Waals surface area (Å²) in [5, 5.41) is 2.82. The average Bonchev–Trinajstić information content (AvgIpc) is 2.84. The summed E-state index contributed by atoms with van der Waals surface area (Å²) in [5.41, 5.74) is 2.24. The molecule has 0 bridgehead atoms. The molecule has 1 N–H and O–H groups in total. The van der Waals surface area contributed by atoms with Gasteiger partial charge in [0.15, 0.2) is 0 Å². The number of rotatable bonds is 7. The van der Waals surface area contributed by atoms with Gasteiger partial charge >= 0.3 is 0 Å². The van der Waals surface area contributed by atoms with Crippen molar-refractivity contribution in [1.82, 2.24) is 14.9 Å². The first kappa shape index (κ1) is 21.5. The Hall–Kier alpha value is -3.71. The summed E-state index contributed by atoms with van der Waals surface area (Å²) in [5.74, 6) is 1.86. The first-order valence-corrected chi connectivity index (χ1v) is 10.7. The third-order valence-corrected chi connectivity index (χ3v) is 5.39. The summed E-state index contributed by atoms with van der Waals surface area (Å²) in [6, 6.07) is 19.8. The molecule has 164 valence electrons. The fraction of sp³-hybridized carbons (Fsp3) is 0.240. The Morgan fingerprint density at radius 2 is 1.78 bits per heavy atom. The van der Waals surface area contributed by atoms with Crippen molar-refractivity contribution in [3.8, 4) is 5.75 Å². The summed E-state index contributed by atoms with van der Waals surface area (Å²) in [6.45, 7) is 4.65. The van der Waals surface area contributed by atoms with Gasteiger partial charge in [0, 0.05) is 44.9 Å². The number of methoxy groups -OCH3 is 1. The number of carbonyl (C=O) groups excluding carboxylic acids is 1. The predicted molar refractivity (Wildman–Crippen MR) is 127 cm³/mol. The number of aromatic nitrogens is 2. The highest BCUT2D eigenvalue weighted by molar-refractivity contribution is 6.01. The molecule has 3 aromatic rings. The lowest BCUT2D eigenvalue weighted by Crippen LogP contribution is -2.46. The molecule has 0 aliphatic carbocycles. The molecule has 0 atom stereocenters. The van der Waals surface area contributed by atoms with Gasteiger partial charge in [-0.2, -0.15) is 0 Å². The van der Waals surface area contributed by atoms with Gasteiger partial charge in [-0.1, -0.05) is 42.5 Å². The highest BCUT2D eigenvalue weighted by Crippen LogP contribution is 2.18. The van der Waals surface area contributed by atoms with Gasteiger partial charge in [-0.05, 0) is 29.3 Å². The Bertz CT molecular complexity index is 1050. The topological polar surface area (TPSA) is 70.6 Å². The Morgan fingerprint density at radius 1 is 1.03 bits per heavy atom. The van der Waals surface area contributed by atoms with Gasteiger partial charge in [0.25, 0.3) is 0 Å². The molecule has 2 heterocycles. The van der Waals surface area contributed by atoms with Crippen molar-refractivity contribution >= 4 is 23.6 Å². The van der Waals surface area contributed by atoms with Crippen LogP contribution in [0.1, 0.15) is 11.1 Å². The molecule has 1 fully saturated rings. The lowest BCUT2D eigenvalue weighted by atomic mass is 10.2. The van der Waals surface area contributed by atoms with Crippen molar-refractivity contribution in [3.63, 3.8) is 0 Å². The van der Waals surface area contributed by atoms with E-state index in [1.807, 2.05) is 36.4 Å². The van der Waals surface area contributed by atoms with Gasteiger partial charge < -0.3 is 15.0 Å². The van der Waals surface area contributed by atoms with Crippen LogP contribution in [-0.4, -0.2) is 54.1 Å². The predicted octanol–water partition coefficient (Wildman–Crippen LogP) is 3.46. The smallest absolute Gasteiger partial charge is 0.249 e. The van der Waals surface area contributed by atoms with Crippen LogP contribution >= 0.6 is 0 Å². The highest BCUT2D eigenvalue weighted by Gasteiger charge is 2.18. The van der Waals surface area contributed by atoms with E-state index in [0.717, 1.165) is 49.9 Å². The molecule has 32 heavy (non-hydrogen) atoms. The van der Waals surface area contributed by atoms with Gasteiger partial charge in [-0.25, -0.2) is 9.97 Å². The Kier molecular flexibility index (Phi) is 7.09. The molecule has 1 saturated heterocycles. The zero-order chi connectivity index (χ0) is 22.2. The van der Waals surface area contributed by atoms with Gasteiger partial charge in [-0.15, -0.1) is 0 Å². The Morgan fingerprint density at radius 3 is 2.50 bits per heavy atom. The average molecular weight is 430 g/mol. The van der Waals surface area contributed by atoms with Crippen LogP contribution in [0.5, 0.6) is 5.75 Å². The zero-order valence-corrected chi connectivity index (χ0v) is 18.1. The molecule has 0 spiro atoms. The van der Waals surface area contributed by atoms with E-state index in [9.17, 15) is 4.79 Å². The number of hydrogen-bond donors (Lipinski definition) is 1. The van der Waals surface area contributed by atoms with Crippen molar-refractivity contribution in [2.75, 3.05) is 43.5 Å². The number of nitrogens with zero attached hydrogens (tertiary/aromatic N) is 4. The van der Waals surface area contributed by atoms with E-state index < -0.39 is 0 Å². The lowest BCUT2D eigenvalue weighted by Gasteiger charge is -2.35. The molecule has 1 aliphatic heterocycles. The standard InChI is InChI=1S/C25H27N5O2/c1-32-22-10-7-20(8-11-22)9-12-25(31)28-23-17-24(27-19-26-23)30-15-13-29(14-16-30)18-21-5-3-2-4-6-21/h2-12,17,19H,13-16,18H2,1H3,(H,26,27,28,31). The molecule has 1 aromatic heterocycles. The third kappa shape index (κ3) is 5.92. The maximum absolute atomic E-state index is 12.3. The summed E-state index contributed by atoms with van der Waals surface area (Å²) in [7, 11) is 1.62. The number of amides is 1. The second-order valence-electron chi connectivity index (χ2n) is 7.61. The quantitative estimate of drug-likeness (QED) is 0.580. The number of anilines is 2. The van der Waals surface area contributed by atoms with E-state index in [1.54, 1.807) is 13.2 Å². The fourth-order valence-electron chi connectivity index (χ4n) is 3.62. The van der Waals surface area contributed by atoms with Gasteiger partial charge in [0.05, 0.1) is 7.11 Å². The number of nitrogens with one attached hydrogen (secondary N) is 1. The van der Waals surface area contributed by atoms with Crippen molar-refractivity contribution in [2.45, 2.75) is 6.54 Å². The van der Waals surface area contributed by atoms with E-state index in [2.05, 4.69) is 49.4 Å². The van der Waals surface area contributed by atoms with Crippen LogP contribution in [0.3, 0.4) is 0 Å². The van der Waals surface area contributed by atoms with Crippen LogP contribution in [0.25, 0.3) is 6.08 Å². The summed E-state index contributed by atoms with van der Waals surface area (Å²) in [6.07, 6.45) is 4.74. The third-order valence-electron chi connectivity index (χ3n) is 5.39. The molecule has 7 heteroatoms. The number of piperazine rings is 1. The molecule has 4 rings (SSSR count). The van der Waals surface area contributed by atoms with Gasteiger partial charge in [0.1, 0.15) is 23.7 Å². The molecule has 0 unspecified atom stereocenters. The molecule has 1 aliphatic rings. The van der Waals surface area contributed by atoms with Crippen LogP contribution in [0, 0.1) is 0 Å². The van der Waals surface area contributed by atoms with Crippen molar-refractivity contribution in [3.05, 3.63) is 84.2 Å². The van der Waals surface area contributed by atoms with Crippen LogP contribution in [0.15, 0.2) is 73.1 Å². The molecule has 0 radical (unpaired) electrons. The van der Waals surface area contributed by atoms with Gasteiger partial charge in [-0.3, -0.25) is 9.69 Å². The van der Waals surface area contributed by atoms with E-state index in [-0.39, 0.29) is 5.91 Å². The number of carbonyl (C=O) groups is 1. The minimum absolute atomic E-state index is 0.238. The maximum Gasteiger partial charge on any atom is 0.249 e. The molecular weight excluding hydrogens is 402 g/mol. The van der Waals surface area contributed by atoms with Crippen LogP contribution < -0.4 is 15.0 Å². The number of benzene rings is 2. The van der Waals surface area contributed by atoms with Gasteiger partial charge in [0.2, 0.25) is 5.91 Å². The van der Waals surface area contributed by atoms with Crippen LogP contribution in [0.4, 0.5) is 11.6 Å². The number of ether oxygens (including phenoxy) is 1. The van der Waals surface area contributed by atoms with Crippen LogP contribution in [-0.2, 0) is 11.3 Å². The molecule has 0 saturated carbocycles. The summed E-state index contributed by atoms with van der Waals surface area (Å²) < 4.78 is 5.14. The van der Waals surface area contributed by atoms with Crippen LogP contribution in [0.2, 0.25) is 0 Å². The minimum atomic E-state index is -0.238. The van der Waals surface area contributed by atoms with E-state index in [4.69, 9.17) is 4.74 Å². The fourth-order valence-corrected chi connectivity index (χ4v) is 3.62. The first-order chi connectivity index (χ1) is 15.7. The van der Waals surface area contributed by atoms with Crippen molar-refractivity contribution < 1.29 is 9.53 Å². The summed E-state index contributed by atoms with van der Waals surface area (Å²) in [4.78, 5) is 25.6. The van der Waals surface area contributed by atoms with Crippen molar-refractivity contribution in [2.24, 2.45) is 0 Å². The lowest BCUT2D eigenvalue weighted by molar-refractivity contribution is -0.111. The van der Waals surface area contributed by atoms with E-state index in [1.165, 1.54) is 18.0 Å². The largest absolute Gasteiger partial charge is 0.497 e. The Balaban J connectivity index is 1.30. The Labute approximate surface area is 188 Å². The SMILES string of the molecule is COc1ccc(C=CC(=O)Nc2cc(N3CCN(Cc4ccccc4)CC3)ncn2)cc1. The molecule has 1 amide bonds. The van der Waals surface area contributed by atoms with E-state index in [0.29, 0.717) is 5.82 Å². The summed E-state index contributed by atoms with van der Waals surface area (Å²) >= 11 is 0. The highest BCUT2D eigenvalue weighted by atomic mass is 16.5. The molecule has 2 aromatic carbocycles. The van der Waals surface area contributed by atoms with E-state index >= 15 is 0 Å². The van der Waals surface area contributed by atoms with Crippen molar-refractivity contribution in [1.29, 1.82) is 0 Å². The normalized spacial score (nSPS) is 14.5. The maximum atomic E-state index is 12.3. The molecule has 7 nitrogen and oxygen atoms in total. The second kappa shape index (κ2) is 10.5.